The number of hydrogen-bond acceptors (Lipinski definition) is 5. The van der Waals surface area contributed by atoms with Crippen LogP contribution in [0.3, 0.4) is 0 Å². The van der Waals surface area contributed by atoms with E-state index in [0.29, 0.717) is 22.6 Å². The van der Waals surface area contributed by atoms with Crippen molar-refractivity contribution in [2.24, 2.45) is 0 Å². The summed E-state index contributed by atoms with van der Waals surface area (Å²) in [6.07, 6.45) is 4.32. The quantitative estimate of drug-likeness (QED) is 0.352. The molecule has 31 heavy (non-hydrogen) atoms. The van der Waals surface area contributed by atoms with Gasteiger partial charge in [-0.1, -0.05) is 49.0 Å². The van der Waals surface area contributed by atoms with E-state index in [1.54, 1.807) is 23.0 Å². The Morgan fingerprint density at radius 2 is 1.90 bits per heavy atom. The van der Waals surface area contributed by atoms with Gasteiger partial charge in [0.2, 0.25) is 5.91 Å². The van der Waals surface area contributed by atoms with Crippen LogP contribution in [-0.4, -0.2) is 26.2 Å². The number of thioether (sulfide) groups is 1. The minimum atomic E-state index is -0.145. The first kappa shape index (κ1) is 20.8. The summed E-state index contributed by atoms with van der Waals surface area (Å²) in [6.45, 7) is 2.41. The van der Waals surface area contributed by atoms with Gasteiger partial charge in [-0.2, -0.15) is 0 Å². The second kappa shape index (κ2) is 9.57. The number of amides is 1. The third kappa shape index (κ3) is 5.00. The molecule has 2 heterocycles. The summed E-state index contributed by atoms with van der Waals surface area (Å²) in [5.41, 5.74) is 3.31. The van der Waals surface area contributed by atoms with Gasteiger partial charge in [-0.25, -0.2) is 4.98 Å². The molecule has 1 N–H and O–H groups in total. The Bertz CT molecular complexity index is 1270. The van der Waals surface area contributed by atoms with E-state index in [9.17, 15) is 9.59 Å². The molecule has 0 saturated heterocycles. The molecule has 0 fully saturated rings. The van der Waals surface area contributed by atoms with Crippen LogP contribution in [0, 0.1) is 0 Å². The fourth-order valence-corrected chi connectivity index (χ4v) is 4.07. The average Bonchev–Trinajstić information content (AvgIpc) is 2.80. The molecule has 0 radical (unpaired) electrons. The molecular weight excluding hydrogens is 408 g/mol. The maximum absolute atomic E-state index is 13.1. The third-order valence-electron chi connectivity index (χ3n) is 4.84. The maximum Gasteiger partial charge on any atom is 0.262 e. The third-order valence-corrected chi connectivity index (χ3v) is 5.82. The van der Waals surface area contributed by atoms with Crippen molar-refractivity contribution < 1.29 is 4.79 Å². The van der Waals surface area contributed by atoms with E-state index in [1.165, 1.54) is 11.8 Å². The van der Waals surface area contributed by atoms with Crippen LogP contribution in [0.25, 0.3) is 10.9 Å². The average molecular weight is 431 g/mol. The Labute approximate surface area is 184 Å². The molecule has 2 aromatic carbocycles. The van der Waals surface area contributed by atoms with Gasteiger partial charge in [-0.05, 0) is 47.9 Å². The van der Waals surface area contributed by atoms with Crippen molar-refractivity contribution in [2.45, 2.75) is 25.0 Å². The summed E-state index contributed by atoms with van der Waals surface area (Å²) in [6, 6.07) is 18.8. The first-order valence-corrected chi connectivity index (χ1v) is 11.0. The largest absolute Gasteiger partial charge is 0.325 e. The van der Waals surface area contributed by atoms with Crippen LogP contribution < -0.4 is 10.9 Å². The molecule has 6 nitrogen and oxygen atoms in total. The molecule has 4 aromatic rings. The summed E-state index contributed by atoms with van der Waals surface area (Å²) >= 11 is 1.25. The molecule has 0 bridgehead atoms. The normalized spacial score (nSPS) is 10.9. The molecule has 0 aliphatic rings. The molecular formula is C24H22N4O2S. The van der Waals surface area contributed by atoms with Crippen LogP contribution in [-0.2, 0) is 17.8 Å². The number of pyridine rings is 1. The zero-order valence-electron chi connectivity index (χ0n) is 17.1. The molecule has 4 rings (SSSR count). The predicted octanol–water partition coefficient (Wildman–Crippen LogP) is 4.13. The van der Waals surface area contributed by atoms with Gasteiger partial charge >= 0.3 is 0 Å². The highest BCUT2D eigenvalue weighted by molar-refractivity contribution is 7.99. The highest BCUT2D eigenvalue weighted by Crippen LogP contribution is 2.20. The highest BCUT2D eigenvalue weighted by atomic mass is 32.2. The molecule has 0 spiro atoms. The summed E-state index contributed by atoms with van der Waals surface area (Å²) in [5.74, 6) is 0.00217. The lowest BCUT2D eigenvalue weighted by Gasteiger charge is -2.13. The molecule has 156 valence electrons. The van der Waals surface area contributed by atoms with E-state index in [0.717, 1.165) is 23.2 Å². The van der Waals surface area contributed by atoms with E-state index >= 15 is 0 Å². The summed E-state index contributed by atoms with van der Waals surface area (Å²) in [7, 11) is 0. The molecule has 0 atom stereocenters. The number of aryl methyl sites for hydroxylation is 1. The first-order valence-electron chi connectivity index (χ1n) is 10.0. The topological polar surface area (TPSA) is 76.9 Å². The molecule has 2 aromatic heterocycles. The number of fused-ring (bicyclic) bond motifs is 1. The number of carbonyl (C=O) groups is 1. The Balaban J connectivity index is 1.59. The van der Waals surface area contributed by atoms with E-state index in [2.05, 4.69) is 22.2 Å². The van der Waals surface area contributed by atoms with Crippen LogP contribution in [0.5, 0.6) is 0 Å². The number of para-hydroxylation sites is 1. The van der Waals surface area contributed by atoms with Crippen molar-refractivity contribution >= 4 is 34.3 Å². The van der Waals surface area contributed by atoms with Gasteiger partial charge in [0.15, 0.2) is 5.16 Å². The van der Waals surface area contributed by atoms with E-state index in [1.807, 2.05) is 54.6 Å². The fraction of sp³-hybridized carbons (Fsp3) is 0.167. The molecule has 0 aliphatic carbocycles. The van der Waals surface area contributed by atoms with E-state index < -0.39 is 0 Å². The lowest BCUT2D eigenvalue weighted by Crippen LogP contribution is -2.25. The molecule has 0 saturated carbocycles. The highest BCUT2D eigenvalue weighted by Gasteiger charge is 2.14. The van der Waals surface area contributed by atoms with Gasteiger partial charge in [0, 0.05) is 18.1 Å². The molecule has 0 unspecified atom stereocenters. The van der Waals surface area contributed by atoms with Crippen molar-refractivity contribution in [3.63, 3.8) is 0 Å². The molecule has 0 aliphatic heterocycles. The fourth-order valence-electron chi connectivity index (χ4n) is 3.27. The Kier molecular flexibility index (Phi) is 6.43. The van der Waals surface area contributed by atoms with Crippen molar-refractivity contribution in [3.8, 4) is 0 Å². The summed E-state index contributed by atoms with van der Waals surface area (Å²) in [4.78, 5) is 34.5. The van der Waals surface area contributed by atoms with Crippen molar-refractivity contribution in [2.75, 3.05) is 11.1 Å². The van der Waals surface area contributed by atoms with E-state index in [-0.39, 0.29) is 17.2 Å². The lowest BCUT2D eigenvalue weighted by atomic mass is 10.1. The predicted molar refractivity (Wildman–Crippen MR) is 125 cm³/mol. The molecule has 7 heteroatoms. The number of rotatable bonds is 7. The number of nitrogens with one attached hydrogen (secondary N) is 1. The van der Waals surface area contributed by atoms with Crippen LogP contribution in [0.15, 0.2) is 83.0 Å². The second-order valence-corrected chi connectivity index (χ2v) is 8.00. The van der Waals surface area contributed by atoms with Gasteiger partial charge in [0.1, 0.15) is 0 Å². The maximum atomic E-state index is 13.1. The van der Waals surface area contributed by atoms with Crippen LogP contribution in [0.4, 0.5) is 5.69 Å². The number of hydrogen-bond donors (Lipinski definition) is 1. The van der Waals surface area contributed by atoms with Gasteiger partial charge < -0.3 is 5.32 Å². The zero-order valence-corrected chi connectivity index (χ0v) is 17.9. The Hall–Kier alpha value is -3.45. The summed E-state index contributed by atoms with van der Waals surface area (Å²) in [5, 5.41) is 3.98. The Morgan fingerprint density at radius 3 is 2.71 bits per heavy atom. The van der Waals surface area contributed by atoms with Crippen molar-refractivity contribution in [1.29, 1.82) is 0 Å². The minimum Gasteiger partial charge on any atom is -0.325 e. The van der Waals surface area contributed by atoms with Gasteiger partial charge in [0.05, 0.1) is 23.2 Å². The first-order chi connectivity index (χ1) is 15.1. The van der Waals surface area contributed by atoms with Crippen molar-refractivity contribution in [3.05, 3.63) is 94.5 Å². The molecule has 1 amide bonds. The number of benzene rings is 2. The van der Waals surface area contributed by atoms with Crippen LogP contribution >= 0.6 is 11.8 Å². The van der Waals surface area contributed by atoms with Crippen LogP contribution in [0.2, 0.25) is 0 Å². The standard InChI is InChI=1S/C24H22N4O2S/c1-2-17-7-5-9-19(13-17)26-22(29)16-31-24-27-21-11-4-3-10-20(21)23(30)28(24)15-18-8-6-12-25-14-18/h3-14H,2,15-16H2,1H3,(H,26,29). The van der Waals surface area contributed by atoms with Gasteiger partial charge in [-0.15, -0.1) is 0 Å². The summed E-state index contributed by atoms with van der Waals surface area (Å²) < 4.78 is 1.61. The second-order valence-electron chi connectivity index (χ2n) is 7.05. The number of carbonyl (C=O) groups excluding carboxylic acids is 1. The van der Waals surface area contributed by atoms with Crippen molar-refractivity contribution in [1.82, 2.24) is 14.5 Å². The zero-order chi connectivity index (χ0) is 21.6. The number of anilines is 1. The van der Waals surface area contributed by atoms with E-state index in [4.69, 9.17) is 0 Å². The number of nitrogens with zero attached hydrogens (tertiary/aromatic N) is 3. The van der Waals surface area contributed by atoms with Crippen LogP contribution in [0.1, 0.15) is 18.1 Å². The minimum absolute atomic E-state index is 0.131. The number of aromatic nitrogens is 3. The monoisotopic (exact) mass is 430 g/mol. The Morgan fingerprint density at radius 1 is 1.06 bits per heavy atom. The van der Waals surface area contributed by atoms with Gasteiger partial charge in [0.25, 0.3) is 5.56 Å². The van der Waals surface area contributed by atoms with Gasteiger partial charge in [-0.3, -0.25) is 19.1 Å². The lowest BCUT2D eigenvalue weighted by molar-refractivity contribution is -0.113. The SMILES string of the molecule is CCc1cccc(NC(=O)CSc2nc3ccccc3c(=O)n2Cc2cccnc2)c1. The smallest absolute Gasteiger partial charge is 0.262 e.